The summed E-state index contributed by atoms with van der Waals surface area (Å²) in [5, 5.41) is 3.50. The first-order chi connectivity index (χ1) is 8.56. The molecule has 0 saturated heterocycles. The summed E-state index contributed by atoms with van der Waals surface area (Å²) in [7, 11) is 2.07. The third-order valence-electron chi connectivity index (χ3n) is 4.06. The van der Waals surface area contributed by atoms with E-state index in [0.29, 0.717) is 6.04 Å². The zero-order valence-electron chi connectivity index (χ0n) is 12.5. The van der Waals surface area contributed by atoms with Gasteiger partial charge in [-0.25, -0.2) is 0 Å². The van der Waals surface area contributed by atoms with Crippen molar-refractivity contribution in [3.63, 3.8) is 0 Å². The van der Waals surface area contributed by atoms with Crippen LogP contribution < -0.4 is 5.32 Å². The summed E-state index contributed by atoms with van der Waals surface area (Å²) in [6.45, 7) is 11.3. The van der Waals surface area contributed by atoms with Gasteiger partial charge in [-0.2, -0.15) is 0 Å². The molecule has 0 saturated carbocycles. The molecule has 0 radical (unpaired) electrons. The molecule has 0 aliphatic heterocycles. The highest BCUT2D eigenvalue weighted by Crippen LogP contribution is 2.21. The van der Waals surface area contributed by atoms with Crippen molar-refractivity contribution < 1.29 is 0 Å². The Kier molecular flexibility index (Phi) is 5.83. The van der Waals surface area contributed by atoms with Crippen molar-refractivity contribution in [2.75, 3.05) is 20.1 Å². The topological polar surface area (TPSA) is 15.3 Å². The minimum Gasteiger partial charge on any atom is -0.315 e. The standard InChI is InChI=1S/C16H28N2/c1-6-18(7-2)16(3,4)15(17-5)13-14-11-9-8-10-12-14/h8-12,15,17H,6-7,13H2,1-5H3. The number of hydrogen-bond acceptors (Lipinski definition) is 2. The lowest BCUT2D eigenvalue weighted by Crippen LogP contribution is -2.57. The molecule has 0 aliphatic rings. The highest BCUT2D eigenvalue weighted by molar-refractivity contribution is 5.17. The summed E-state index contributed by atoms with van der Waals surface area (Å²) >= 11 is 0. The van der Waals surface area contributed by atoms with Crippen molar-refractivity contribution in [1.82, 2.24) is 10.2 Å². The summed E-state index contributed by atoms with van der Waals surface area (Å²) in [5.74, 6) is 0. The average Bonchev–Trinajstić information content (AvgIpc) is 2.38. The van der Waals surface area contributed by atoms with Crippen molar-refractivity contribution in [3.8, 4) is 0 Å². The zero-order chi connectivity index (χ0) is 13.6. The first-order valence-corrected chi connectivity index (χ1v) is 7.02. The van der Waals surface area contributed by atoms with Crippen LogP contribution in [0.4, 0.5) is 0 Å². The molecule has 0 aliphatic carbocycles. The van der Waals surface area contributed by atoms with Gasteiger partial charge in [0.05, 0.1) is 0 Å². The molecule has 0 heterocycles. The molecule has 102 valence electrons. The molecule has 1 aromatic carbocycles. The second-order valence-corrected chi connectivity index (χ2v) is 5.36. The zero-order valence-corrected chi connectivity index (χ0v) is 12.5. The predicted molar refractivity (Wildman–Crippen MR) is 80.0 cm³/mol. The molecule has 0 fully saturated rings. The Morgan fingerprint density at radius 1 is 1.11 bits per heavy atom. The van der Waals surface area contributed by atoms with Crippen LogP contribution in [0.1, 0.15) is 33.3 Å². The summed E-state index contributed by atoms with van der Waals surface area (Å²) in [6, 6.07) is 11.2. The molecule has 18 heavy (non-hydrogen) atoms. The van der Waals surface area contributed by atoms with E-state index >= 15 is 0 Å². The molecular weight excluding hydrogens is 220 g/mol. The number of nitrogens with zero attached hydrogens (tertiary/aromatic N) is 1. The molecule has 0 amide bonds. The van der Waals surface area contributed by atoms with E-state index in [2.05, 4.69) is 75.3 Å². The Hall–Kier alpha value is -0.860. The van der Waals surface area contributed by atoms with E-state index in [0.717, 1.165) is 19.5 Å². The third kappa shape index (κ3) is 3.56. The molecule has 1 rings (SSSR count). The maximum atomic E-state index is 3.50. The highest BCUT2D eigenvalue weighted by atomic mass is 15.2. The van der Waals surface area contributed by atoms with Gasteiger partial charge < -0.3 is 5.32 Å². The number of rotatable bonds is 7. The van der Waals surface area contributed by atoms with Crippen molar-refractivity contribution in [2.24, 2.45) is 0 Å². The number of benzene rings is 1. The predicted octanol–water partition coefficient (Wildman–Crippen LogP) is 2.94. The van der Waals surface area contributed by atoms with Crippen LogP contribution in [0, 0.1) is 0 Å². The fourth-order valence-electron chi connectivity index (χ4n) is 2.81. The Bertz CT molecular complexity index is 328. The number of nitrogens with one attached hydrogen (secondary N) is 1. The molecule has 0 bridgehead atoms. The smallest absolute Gasteiger partial charge is 0.0309 e. The van der Waals surface area contributed by atoms with Gasteiger partial charge in [0, 0.05) is 11.6 Å². The second kappa shape index (κ2) is 6.91. The van der Waals surface area contributed by atoms with E-state index in [-0.39, 0.29) is 5.54 Å². The van der Waals surface area contributed by atoms with Crippen molar-refractivity contribution >= 4 is 0 Å². The third-order valence-corrected chi connectivity index (χ3v) is 4.06. The van der Waals surface area contributed by atoms with E-state index in [1.165, 1.54) is 5.56 Å². The quantitative estimate of drug-likeness (QED) is 0.798. The van der Waals surface area contributed by atoms with Gasteiger partial charge in [0.1, 0.15) is 0 Å². The number of likely N-dealkylation sites (N-methyl/N-ethyl adjacent to an activating group) is 2. The maximum Gasteiger partial charge on any atom is 0.0309 e. The van der Waals surface area contributed by atoms with Gasteiger partial charge in [0.2, 0.25) is 0 Å². The summed E-state index contributed by atoms with van der Waals surface area (Å²) in [5.41, 5.74) is 1.56. The Labute approximate surface area is 112 Å². The monoisotopic (exact) mass is 248 g/mol. The lowest BCUT2D eigenvalue weighted by atomic mass is 9.87. The minimum atomic E-state index is 0.161. The van der Waals surface area contributed by atoms with Crippen molar-refractivity contribution in [1.29, 1.82) is 0 Å². The fraction of sp³-hybridized carbons (Fsp3) is 0.625. The van der Waals surface area contributed by atoms with Gasteiger partial charge in [-0.15, -0.1) is 0 Å². The van der Waals surface area contributed by atoms with Crippen LogP contribution in [0.25, 0.3) is 0 Å². The molecule has 0 spiro atoms. The summed E-state index contributed by atoms with van der Waals surface area (Å²) < 4.78 is 0. The molecule has 2 nitrogen and oxygen atoms in total. The Morgan fingerprint density at radius 2 is 1.67 bits per heavy atom. The van der Waals surface area contributed by atoms with Gasteiger partial charge in [-0.1, -0.05) is 44.2 Å². The Balaban J connectivity index is 2.82. The second-order valence-electron chi connectivity index (χ2n) is 5.36. The van der Waals surface area contributed by atoms with Gasteiger partial charge >= 0.3 is 0 Å². The van der Waals surface area contributed by atoms with Crippen molar-refractivity contribution in [2.45, 2.75) is 45.7 Å². The molecule has 1 N–H and O–H groups in total. The van der Waals surface area contributed by atoms with E-state index in [1.807, 2.05) is 0 Å². The van der Waals surface area contributed by atoms with Gasteiger partial charge in [0.25, 0.3) is 0 Å². The summed E-state index contributed by atoms with van der Waals surface area (Å²) in [4.78, 5) is 2.52. The highest BCUT2D eigenvalue weighted by Gasteiger charge is 2.32. The fourth-order valence-corrected chi connectivity index (χ4v) is 2.81. The maximum absolute atomic E-state index is 3.50. The first-order valence-electron chi connectivity index (χ1n) is 7.02. The minimum absolute atomic E-state index is 0.161. The largest absolute Gasteiger partial charge is 0.315 e. The SMILES string of the molecule is CCN(CC)C(C)(C)C(Cc1ccccc1)NC. The van der Waals surface area contributed by atoms with Crippen LogP contribution in [0.3, 0.4) is 0 Å². The van der Waals surface area contributed by atoms with E-state index < -0.39 is 0 Å². The van der Waals surface area contributed by atoms with E-state index in [9.17, 15) is 0 Å². The molecule has 0 aromatic heterocycles. The Morgan fingerprint density at radius 3 is 2.11 bits per heavy atom. The molecule has 2 heteroatoms. The van der Waals surface area contributed by atoms with Crippen LogP contribution in [0.5, 0.6) is 0 Å². The molecule has 1 atom stereocenters. The van der Waals surface area contributed by atoms with Crippen LogP contribution in [0.15, 0.2) is 30.3 Å². The first kappa shape index (κ1) is 15.2. The van der Waals surface area contributed by atoms with Crippen molar-refractivity contribution in [3.05, 3.63) is 35.9 Å². The average molecular weight is 248 g/mol. The van der Waals surface area contributed by atoms with Crippen LogP contribution in [0.2, 0.25) is 0 Å². The molecular formula is C16H28N2. The van der Waals surface area contributed by atoms with E-state index in [4.69, 9.17) is 0 Å². The molecule has 1 unspecified atom stereocenters. The van der Waals surface area contributed by atoms with Crippen LogP contribution in [-0.2, 0) is 6.42 Å². The normalized spacial score (nSPS) is 13.9. The van der Waals surface area contributed by atoms with Gasteiger partial charge in [-0.3, -0.25) is 4.90 Å². The summed E-state index contributed by atoms with van der Waals surface area (Å²) in [6.07, 6.45) is 1.07. The lowest BCUT2D eigenvalue weighted by Gasteiger charge is -2.43. The van der Waals surface area contributed by atoms with Crippen LogP contribution in [-0.4, -0.2) is 36.6 Å². The van der Waals surface area contributed by atoms with Crippen LogP contribution >= 0.6 is 0 Å². The molecule has 1 aromatic rings. The lowest BCUT2D eigenvalue weighted by molar-refractivity contribution is 0.0944. The number of hydrogen-bond donors (Lipinski definition) is 1. The van der Waals surface area contributed by atoms with Gasteiger partial charge in [0.15, 0.2) is 0 Å². The van der Waals surface area contributed by atoms with E-state index in [1.54, 1.807) is 0 Å². The van der Waals surface area contributed by atoms with Gasteiger partial charge in [-0.05, 0) is 46.0 Å².